The molecule has 0 bridgehead atoms. The molecule has 0 saturated carbocycles. The van der Waals surface area contributed by atoms with Crippen molar-refractivity contribution >= 4 is 22.9 Å². The molecule has 0 atom stereocenters. The first-order valence-electron chi connectivity index (χ1n) is 10.8. The number of hydrogen-bond donors (Lipinski definition) is 2. The summed E-state index contributed by atoms with van der Waals surface area (Å²) in [7, 11) is 0. The number of carbonyl (C=O) groups excluding carboxylic acids is 1. The summed E-state index contributed by atoms with van der Waals surface area (Å²) in [5.74, 6) is -0.0950. The van der Waals surface area contributed by atoms with Crippen LogP contribution < -0.4 is 15.7 Å². The van der Waals surface area contributed by atoms with Crippen LogP contribution in [-0.4, -0.2) is 33.6 Å². The number of fused-ring (bicyclic) bond motifs is 1. The van der Waals surface area contributed by atoms with Crippen LogP contribution in [0.3, 0.4) is 0 Å². The first kappa shape index (κ1) is 23.2. The Hall–Kier alpha value is -4.97. The molecule has 2 N–H and O–H groups in total. The fourth-order valence-electron chi connectivity index (χ4n) is 3.61. The van der Waals surface area contributed by atoms with Gasteiger partial charge in [0.1, 0.15) is 23.1 Å². The highest BCUT2D eigenvalue weighted by atomic mass is 16.5. The lowest BCUT2D eigenvalue weighted by Gasteiger charge is -2.11. The van der Waals surface area contributed by atoms with E-state index >= 15 is 0 Å². The lowest BCUT2D eigenvalue weighted by Crippen LogP contribution is -2.31. The van der Waals surface area contributed by atoms with Gasteiger partial charge in [0.2, 0.25) is 0 Å². The van der Waals surface area contributed by atoms with Crippen molar-refractivity contribution in [2.24, 2.45) is 5.10 Å². The molecule has 4 rings (SSSR count). The SMILES string of the molecule is CCOc1ccc(-n2nc(C(=O)N/N=C/c3c(O)ccc4ccccc34)c(C)c(C#N)c2=O)cc1. The maximum Gasteiger partial charge on any atom is 0.292 e. The number of benzene rings is 3. The molecule has 0 saturated heterocycles. The Morgan fingerprint density at radius 2 is 1.94 bits per heavy atom. The highest BCUT2D eigenvalue weighted by Crippen LogP contribution is 2.25. The van der Waals surface area contributed by atoms with Crippen LogP contribution in [0.5, 0.6) is 11.5 Å². The number of nitriles is 1. The number of amides is 1. The zero-order valence-electron chi connectivity index (χ0n) is 19.0. The lowest BCUT2D eigenvalue weighted by atomic mass is 10.0. The van der Waals surface area contributed by atoms with E-state index in [1.54, 1.807) is 36.4 Å². The fourth-order valence-corrected chi connectivity index (χ4v) is 3.61. The van der Waals surface area contributed by atoms with Gasteiger partial charge in [0, 0.05) is 11.1 Å². The maximum absolute atomic E-state index is 12.9. The molecule has 0 aliphatic carbocycles. The van der Waals surface area contributed by atoms with Crippen LogP contribution in [0.15, 0.2) is 70.6 Å². The number of ether oxygens (including phenoxy) is 1. The molecular weight excluding hydrogens is 446 g/mol. The monoisotopic (exact) mass is 467 g/mol. The number of aromatic hydroxyl groups is 1. The Morgan fingerprint density at radius 1 is 1.20 bits per heavy atom. The van der Waals surface area contributed by atoms with Crippen LogP contribution in [0.2, 0.25) is 0 Å². The van der Waals surface area contributed by atoms with E-state index in [4.69, 9.17) is 4.74 Å². The predicted molar refractivity (Wildman–Crippen MR) is 131 cm³/mol. The third-order valence-corrected chi connectivity index (χ3v) is 5.36. The van der Waals surface area contributed by atoms with Crippen LogP contribution in [0.1, 0.15) is 34.1 Å². The molecule has 1 amide bonds. The lowest BCUT2D eigenvalue weighted by molar-refractivity contribution is 0.0947. The summed E-state index contributed by atoms with van der Waals surface area (Å²) in [5.41, 5.74) is 2.34. The number of phenolic OH excluding ortho intramolecular Hbond substituents is 1. The number of nitrogens with one attached hydrogen (secondary N) is 1. The average Bonchev–Trinajstić information content (AvgIpc) is 2.86. The summed E-state index contributed by atoms with van der Waals surface area (Å²) in [6.45, 7) is 3.82. The fraction of sp³-hybridized carbons (Fsp3) is 0.115. The number of carbonyl (C=O) groups is 1. The van der Waals surface area contributed by atoms with Gasteiger partial charge in [0.05, 0.1) is 18.5 Å². The number of hydrogen-bond acceptors (Lipinski definition) is 7. The molecule has 0 fully saturated rings. The van der Waals surface area contributed by atoms with E-state index in [9.17, 15) is 20.0 Å². The number of nitrogens with zero attached hydrogens (tertiary/aromatic N) is 4. The molecule has 174 valence electrons. The standard InChI is InChI=1S/C26H21N5O4/c1-3-35-19-11-9-18(10-12-19)31-26(34)21(14-27)16(2)24(30-31)25(33)29-28-15-22-20-7-5-4-6-17(20)8-13-23(22)32/h4-13,15,32H,3H2,1-2H3,(H,29,33)/b28-15+. The van der Waals surface area contributed by atoms with Crippen LogP contribution in [0.4, 0.5) is 0 Å². The van der Waals surface area contributed by atoms with Gasteiger partial charge in [-0.25, -0.2) is 5.43 Å². The first-order chi connectivity index (χ1) is 16.9. The summed E-state index contributed by atoms with van der Waals surface area (Å²) in [5, 5.41) is 29.6. The Labute approximate surface area is 200 Å². The van der Waals surface area contributed by atoms with Crippen LogP contribution in [0, 0.1) is 18.3 Å². The third-order valence-electron chi connectivity index (χ3n) is 5.36. The minimum Gasteiger partial charge on any atom is -0.507 e. The van der Waals surface area contributed by atoms with Gasteiger partial charge in [0.25, 0.3) is 11.5 Å². The van der Waals surface area contributed by atoms with E-state index in [0.717, 1.165) is 15.5 Å². The number of rotatable bonds is 6. The minimum atomic E-state index is -0.713. The van der Waals surface area contributed by atoms with Gasteiger partial charge >= 0.3 is 0 Å². The highest BCUT2D eigenvalue weighted by molar-refractivity contribution is 6.03. The second-order valence-corrected chi connectivity index (χ2v) is 7.52. The van der Waals surface area contributed by atoms with Crippen molar-refractivity contribution in [1.82, 2.24) is 15.2 Å². The largest absolute Gasteiger partial charge is 0.507 e. The molecule has 0 aliphatic heterocycles. The van der Waals surface area contributed by atoms with Gasteiger partial charge in [-0.05, 0) is 55.0 Å². The number of aromatic nitrogens is 2. The average molecular weight is 467 g/mol. The van der Waals surface area contributed by atoms with Gasteiger partial charge in [-0.3, -0.25) is 9.59 Å². The van der Waals surface area contributed by atoms with E-state index in [1.165, 1.54) is 13.1 Å². The quantitative estimate of drug-likeness (QED) is 0.330. The molecule has 0 aliphatic rings. The van der Waals surface area contributed by atoms with Crippen molar-refractivity contribution in [3.63, 3.8) is 0 Å². The molecule has 1 heterocycles. The van der Waals surface area contributed by atoms with Gasteiger partial charge in [-0.2, -0.15) is 20.1 Å². The van der Waals surface area contributed by atoms with Crippen LogP contribution in [-0.2, 0) is 0 Å². The van der Waals surface area contributed by atoms with E-state index < -0.39 is 11.5 Å². The van der Waals surface area contributed by atoms with Crippen molar-refractivity contribution in [2.45, 2.75) is 13.8 Å². The van der Waals surface area contributed by atoms with Gasteiger partial charge in [-0.15, -0.1) is 0 Å². The summed E-state index contributed by atoms with van der Waals surface area (Å²) in [6.07, 6.45) is 1.33. The van der Waals surface area contributed by atoms with Crippen molar-refractivity contribution in [1.29, 1.82) is 5.26 Å². The van der Waals surface area contributed by atoms with Crippen LogP contribution >= 0.6 is 0 Å². The molecule has 0 spiro atoms. The Kier molecular flexibility index (Phi) is 6.55. The second kappa shape index (κ2) is 9.89. The molecule has 3 aromatic carbocycles. The maximum atomic E-state index is 12.9. The molecule has 0 unspecified atom stereocenters. The Balaban J connectivity index is 1.68. The van der Waals surface area contributed by atoms with E-state index in [-0.39, 0.29) is 22.6 Å². The van der Waals surface area contributed by atoms with Crippen LogP contribution in [0.25, 0.3) is 16.5 Å². The molecule has 35 heavy (non-hydrogen) atoms. The van der Waals surface area contributed by atoms with E-state index in [2.05, 4.69) is 15.6 Å². The van der Waals surface area contributed by atoms with Gasteiger partial charge in [0.15, 0.2) is 5.69 Å². The number of phenols is 1. The van der Waals surface area contributed by atoms with Crippen molar-refractivity contribution in [3.8, 4) is 23.3 Å². The van der Waals surface area contributed by atoms with Crippen molar-refractivity contribution < 1.29 is 14.6 Å². The summed E-state index contributed by atoms with van der Waals surface area (Å²) in [4.78, 5) is 25.7. The Morgan fingerprint density at radius 3 is 2.66 bits per heavy atom. The number of hydrazone groups is 1. The normalized spacial score (nSPS) is 10.9. The predicted octanol–water partition coefficient (Wildman–Crippen LogP) is 3.43. The van der Waals surface area contributed by atoms with Crippen molar-refractivity contribution in [3.05, 3.63) is 93.4 Å². The topological polar surface area (TPSA) is 130 Å². The molecule has 1 aromatic heterocycles. The summed E-state index contributed by atoms with van der Waals surface area (Å²) >= 11 is 0. The molecule has 9 heteroatoms. The summed E-state index contributed by atoms with van der Waals surface area (Å²) in [6, 6.07) is 19.2. The first-order valence-corrected chi connectivity index (χ1v) is 10.8. The van der Waals surface area contributed by atoms with E-state index in [0.29, 0.717) is 23.6 Å². The van der Waals surface area contributed by atoms with E-state index in [1.807, 2.05) is 37.3 Å². The Bertz CT molecular complexity index is 1550. The molecule has 4 aromatic rings. The van der Waals surface area contributed by atoms with Gasteiger partial charge in [-0.1, -0.05) is 30.3 Å². The minimum absolute atomic E-state index is 0.00632. The zero-order valence-corrected chi connectivity index (χ0v) is 19.0. The second-order valence-electron chi connectivity index (χ2n) is 7.52. The zero-order chi connectivity index (χ0) is 24.9. The third kappa shape index (κ3) is 4.58. The smallest absolute Gasteiger partial charge is 0.292 e. The molecular formula is C26H21N5O4. The van der Waals surface area contributed by atoms with Gasteiger partial charge < -0.3 is 9.84 Å². The van der Waals surface area contributed by atoms with Crippen molar-refractivity contribution in [2.75, 3.05) is 6.61 Å². The molecule has 9 nitrogen and oxygen atoms in total. The summed E-state index contributed by atoms with van der Waals surface area (Å²) < 4.78 is 6.41. The highest BCUT2D eigenvalue weighted by Gasteiger charge is 2.20. The molecule has 0 radical (unpaired) electrons.